The fourth-order valence-electron chi connectivity index (χ4n) is 2.93. The van der Waals surface area contributed by atoms with Crippen LogP contribution in [0.3, 0.4) is 0 Å². The van der Waals surface area contributed by atoms with Crippen molar-refractivity contribution in [1.82, 2.24) is 25.2 Å². The first kappa shape index (κ1) is 19.0. The fourth-order valence-corrected chi connectivity index (χ4v) is 2.93. The number of ether oxygens (including phenoxy) is 1. The molecule has 1 saturated heterocycles. The minimum atomic E-state index is -0.205. The van der Waals surface area contributed by atoms with Crippen molar-refractivity contribution in [1.29, 1.82) is 0 Å². The molecular formula is C19H26N6O2. The van der Waals surface area contributed by atoms with Gasteiger partial charge in [0, 0.05) is 50.7 Å². The van der Waals surface area contributed by atoms with Gasteiger partial charge in [-0.1, -0.05) is 6.07 Å². The zero-order valence-corrected chi connectivity index (χ0v) is 16.1. The van der Waals surface area contributed by atoms with Crippen LogP contribution >= 0.6 is 0 Å². The summed E-state index contributed by atoms with van der Waals surface area (Å²) in [6.45, 7) is 8.35. The molecule has 2 aromatic heterocycles. The van der Waals surface area contributed by atoms with Gasteiger partial charge in [0.2, 0.25) is 11.8 Å². The van der Waals surface area contributed by atoms with Crippen molar-refractivity contribution < 1.29 is 9.53 Å². The lowest BCUT2D eigenvalue weighted by Gasteiger charge is -2.32. The predicted octanol–water partition coefficient (Wildman–Crippen LogP) is 1.26. The molecule has 8 heteroatoms. The molecule has 0 spiro atoms. The van der Waals surface area contributed by atoms with Gasteiger partial charge < -0.3 is 19.9 Å². The summed E-state index contributed by atoms with van der Waals surface area (Å²) in [5, 5.41) is 2.90. The van der Waals surface area contributed by atoms with Gasteiger partial charge in [0.1, 0.15) is 0 Å². The van der Waals surface area contributed by atoms with E-state index in [1.807, 2.05) is 26.0 Å². The first-order valence-electron chi connectivity index (χ1n) is 9.20. The van der Waals surface area contributed by atoms with Crippen molar-refractivity contribution in [3.8, 4) is 5.88 Å². The van der Waals surface area contributed by atoms with E-state index in [4.69, 9.17) is 4.74 Å². The molecular weight excluding hydrogens is 344 g/mol. The number of carbonyl (C=O) groups is 1. The molecule has 1 fully saturated rings. The summed E-state index contributed by atoms with van der Waals surface area (Å²) >= 11 is 0. The van der Waals surface area contributed by atoms with Crippen LogP contribution in [0.4, 0.5) is 5.95 Å². The molecule has 3 heterocycles. The van der Waals surface area contributed by atoms with Crippen molar-refractivity contribution in [2.24, 2.45) is 0 Å². The Morgan fingerprint density at radius 1 is 1.26 bits per heavy atom. The zero-order chi connectivity index (χ0) is 19.2. The number of pyridine rings is 1. The molecule has 0 radical (unpaired) electrons. The Hall–Kier alpha value is -2.74. The topological polar surface area (TPSA) is 83.5 Å². The summed E-state index contributed by atoms with van der Waals surface area (Å²) in [4.78, 5) is 30.1. The van der Waals surface area contributed by atoms with Crippen LogP contribution in [-0.2, 0) is 6.54 Å². The predicted molar refractivity (Wildman–Crippen MR) is 103 cm³/mol. The molecule has 0 aromatic carbocycles. The minimum Gasteiger partial charge on any atom is -0.478 e. The van der Waals surface area contributed by atoms with E-state index in [0.29, 0.717) is 36.2 Å². The van der Waals surface area contributed by atoms with Crippen molar-refractivity contribution in [3.05, 3.63) is 41.3 Å². The van der Waals surface area contributed by atoms with E-state index >= 15 is 0 Å². The van der Waals surface area contributed by atoms with E-state index in [2.05, 4.69) is 37.1 Å². The van der Waals surface area contributed by atoms with Crippen LogP contribution in [-0.4, -0.2) is 65.6 Å². The van der Waals surface area contributed by atoms with Crippen molar-refractivity contribution in [2.75, 3.05) is 44.7 Å². The number of rotatable bonds is 6. The number of likely N-dealkylation sites (N-methyl/N-ethyl adjacent to an activating group) is 1. The number of nitrogens with one attached hydrogen (secondary N) is 1. The second-order valence-electron chi connectivity index (χ2n) is 6.54. The number of anilines is 1. The summed E-state index contributed by atoms with van der Waals surface area (Å²) in [6.07, 6.45) is 3.28. The number of hydrogen-bond donors (Lipinski definition) is 1. The summed E-state index contributed by atoms with van der Waals surface area (Å²) < 4.78 is 5.49. The Morgan fingerprint density at radius 2 is 2.04 bits per heavy atom. The number of nitrogens with zero attached hydrogens (tertiary/aromatic N) is 5. The van der Waals surface area contributed by atoms with Gasteiger partial charge in [0.05, 0.1) is 17.9 Å². The molecule has 8 nitrogen and oxygen atoms in total. The molecule has 1 amide bonds. The highest BCUT2D eigenvalue weighted by Crippen LogP contribution is 2.16. The minimum absolute atomic E-state index is 0.205. The van der Waals surface area contributed by atoms with Gasteiger partial charge in [-0.3, -0.25) is 4.79 Å². The lowest BCUT2D eigenvalue weighted by Crippen LogP contribution is -2.45. The molecule has 1 aliphatic heterocycles. The standard InChI is InChI=1S/C19H26N6O2/c1-4-27-18-15(6-5-7-20-18)12-21-17(26)16-13-22-19(23-14(16)2)25-10-8-24(3)9-11-25/h5-7,13H,4,8-12H2,1-3H3,(H,21,26). The van der Waals surface area contributed by atoms with E-state index in [1.165, 1.54) is 0 Å². The second kappa shape index (κ2) is 8.77. The van der Waals surface area contributed by atoms with Crippen LogP contribution in [0.5, 0.6) is 5.88 Å². The first-order chi connectivity index (χ1) is 13.1. The lowest BCUT2D eigenvalue weighted by molar-refractivity contribution is 0.0949. The molecule has 0 unspecified atom stereocenters. The quantitative estimate of drug-likeness (QED) is 0.819. The van der Waals surface area contributed by atoms with Crippen LogP contribution in [0.2, 0.25) is 0 Å². The molecule has 0 atom stereocenters. The maximum atomic E-state index is 12.6. The van der Waals surface area contributed by atoms with Gasteiger partial charge in [0.15, 0.2) is 0 Å². The monoisotopic (exact) mass is 370 g/mol. The number of piperazine rings is 1. The van der Waals surface area contributed by atoms with Crippen LogP contribution in [0.15, 0.2) is 24.5 Å². The third-order valence-electron chi connectivity index (χ3n) is 4.57. The highest BCUT2D eigenvalue weighted by atomic mass is 16.5. The SMILES string of the molecule is CCOc1ncccc1CNC(=O)c1cnc(N2CCN(C)CC2)nc1C. The third-order valence-corrected chi connectivity index (χ3v) is 4.57. The smallest absolute Gasteiger partial charge is 0.254 e. The summed E-state index contributed by atoms with van der Waals surface area (Å²) in [7, 11) is 2.11. The van der Waals surface area contributed by atoms with Gasteiger partial charge in [-0.05, 0) is 27.0 Å². The highest BCUT2D eigenvalue weighted by Gasteiger charge is 2.19. The molecule has 27 heavy (non-hydrogen) atoms. The number of amides is 1. The average Bonchev–Trinajstić information content (AvgIpc) is 2.68. The Kier molecular flexibility index (Phi) is 6.18. The molecule has 0 bridgehead atoms. The van der Waals surface area contributed by atoms with Gasteiger partial charge in [-0.15, -0.1) is 0 Å². The van der Waals surface area contributed by atoms with Gasteiger partial charge >= 0.3 is 0 Å². The third kappa shape index (κ3) is 4.71. The Bertz CT molecular complexity index is 790. The second-order valence-corrected chi connectivity index (χ2v) is 6.54. The van der Waals surface area contributed by atoms with E-state index in [0.717, 1.165) is 31.7 Å². The fraction of sp³-hybridized carbons (Fsp3) is 0.474. The average molecular weight is 370 g/mol. The molecule has 1 aliphatic rings. The number of aromatic nitrogens is 3. The molecule has 2 aromatic rings. The summed E-state index contributed by atoms with van der Waals surface area (Å²) in [5.41, 5.74) is 1.99. The summed E-state index contributed by atoms with van der Waals surface area (Å²) in [5.74, 6) is 1.02. The molecule has 3 rings (SSSR count). The maximum absolute atomic E-state index is 12.6. The molecule has 1 N–H and O–H groups in total. The number of carbonyl (C=O) groups excluding carboxylic acids is 1. The Morgan fingerprint density at radius 3 is 2.74 bits per heavy atom. The zero-order valence-electron chi connectivity index (χ0n) is 16.1. The van der Waals surface area contributed by atoms with E-state index in [1.54, 1.807) is 12.4 Å². The van der Waals surface area contributed by atoms with Crippen molar-refractivity contribution in [2.45, 2.75) is 20.4 Å². The first-order valence-corrected chi connectivity index (χ1v) is 9.20. The van der Waals surface area contributed by atoms with Gasteiger partial charge in [-0.25, -0.2) is 15.0 Å². The van der Waals surface area contributed by atoms with Crippen molar-refractivity contribution in [3.63, 3.8) is 0 Å². The number of aryl methyl sites for hydroxylation is 1. The van der Waals surface area contributed by atoms with Crippen LogP contribution < -0.4 is 15.0 Å². The molecule has 144 valence electrons. The van der Waals surface area contributed by atoms with Crippen LogP contribution in [0, 0.1) is 6.92 Å². The Labute approximate surface area is 159 Å². The summed E-state index contributed by atoms with van der Waals surface area (Å²) in [6, 6.07) is 3.71. The normalized spacial score (nSPS) is 14.9. The van der Waals surface area contributed by atoms with E-state index < -0.39 is 0 Å². The lowest BCUT2D eigenvalue weighted by atomic mass is 10.2. The van der Waals surface area contributed by atoms with Crippen LogP contribution in [0.25, 0.3) is 0 Å². The van der Waals surface area contributed by atoms with Gasteiger partial charge in [-0.2, -0.15) is 0 Å². The largest absolute Gasteiger partial charge is 0.478 e. The maximum Gasteiger partial charge on any atom is 0.254 e. The highest BCUT2D eigenvalue weighted by molar-refractivity contribution is 5.95. The number of hydrogen-bond acceptors (Lipinski definition) is 7. The van der Waals surface area contributed by atoms with Crippen molar-refractivity contribution >= 4 is 11.9 Å². The Balaban J connectivity index is 1.65. The molecule has 0 aliphatic carbocycles. The van der Waals surface area contributed by atoms with Gasteiger partial charge in [0.25, 0.3) is 5.91 Å². The van der Waals surface area contributed by atoms with E-state index in [9.17, 15) is 4.79 Å². The van der Waals surface area contributed by atoms with E-state index in [-0.39, 0.29) is 5.91 Å². The molecule has 0 saturated carbocycles. The van der Waals surface area contributed by atoms with Crippen LogP contribution in [0.1, 0.15) is 28.5 Å².